The number of rotatable bonds is 2. The summed E-state index contributed by atoms with van der Waals surface area (Å²) in [6.07, 6.45) is 0. The minimum atomic E-state index is -1.40. The maximum atomic E-state index is 10.4. The molecular formula is C6H8BaO5S2. The summed E-state index contributed by atoms with van der Waals surface area (Å²) in [7, 11) is 0. The number of hydrogen-bond donors (Lipinski definition) is 2. The van der Waals surface area contributed by atoms with Crippen LogP contribution < -0.4 is 0 Å². The minimum absolute atomic E-state index is 0. The van der Waals surface area contributed by atoms with Gasteiger partial charge in [0.25, 0.3) is 0 Å². The standard InChI is InChI=1S/C6H4O4S2.Ba.H2O.2H/c7-4(8)3(5(9)10)6-11-1-2-12-6;;;;/h1-2H,(H,7,8)(H,9,10);;1H2;;. The van der Waals surface area contributed by atoms with E-state index in [1.165, 1.54) is 0 Å². The monoisotopic (exact) mass is 362 g/mol. The first-order valence-corrected chi connectivity index (χ1v) is 4.58. The molecule has 1 aliphatic heterocycles. The number of aliphatic carboxylic acids is 2. The van der Waals surface area contributed by atoms with E-state index >= 15 is 0 Å². The molecular weight excluding hydrogens is 354 g/mol. The number of carboxylic acids is 2. The first kappa shape index (κ1) is 17.1. The molecule has 1 heterocycles. The van der Waals surface area contributed by atoms with Crippen LogP contribution in [0.3, 0.4) is 0 Å². The van der Waals surface area contributed by atoms with Gasteiger partial charge in [-0.2, -0.15) is 0 Å². The molecule has 0 aromatic heterocycles. The second-order valence-electron chi connectivity index (χ2n) is 1.78. The molecule has 0 unspecified atom stereocenters. The van der Waals surface area contributed by atoms with Gasteiger partial charge in [0.05, 0.1) is 4.24 Å². The first-order chi connectivity index (χ1) is 5.63. The topological polar surface area (TPSA) is 106 Å². The molecule has 0 fully saturated rings. The van der Waals surface area contributed by atoms with Gasteiger partial charge < -0.3 is 15.7 Å². The van der Waals surface area contributed by atoms with Crippen LogP contribution in [-0.2, 0) is 9.59 Å². The molecule has 1 rings (SSSR count). The van der Waals surface area contributed by atoms with Crippen LogP contribution >= 0.6 is 23.5 Å². The average Bonchev–Trinajstić information content (AvgIpc) is 2.37. The van der Waals surface area contributed by atoms with Crippen molar-refractivity contribution in [1.82, 2.24) is 0 Å². The number of thioether (sulfide) groups is 2. The third-order valence-corrected chi connectivity index (χ3v) is 3.17. The van der Waals surface area contributed by atoms with Crippen LogP contribution in [0.1, 0.15) is 0 Å². The summed E-state index contributed by atoms with van der Waals surface area (Å²) in [5.41, 5.74) is -0.560. The second kappa shape index (κ2) is 7.88. The van der Waals surface area contributed by atoms with Gasteiger partial charge in [0.15, 0.2) is 5.57 Å². The molecule has 5 nitrogen and oxygen atoms in total. The fourth-order valence-electron chi connectivity index (χ4n) is 0.591. The molecule has 0 aromatic rings. The van der Waals surface area contributed by atoms with E-state index in [9.17, 15) is 9.59 Å². The van der Waals surface area contributed by atoms with Crippen LogP contribution in [-0.4, -0.2) is 76.5 Å². The summed E-state index contributed by atoms with van der Waals surface area (Å²) >= 11 is 2.22. The second-order valence-corrected chi connectivity index (χ2v) is 3.87. The van der Waals surface area contributed by atoms with Crippen molar-refractivity contribution in [3.63, 3.8) is 0 Å². The Morgan fingerprint density at radius 2 is 1.43 bits per heavy atom. The van der Waals surface area contributed by atoms with Gasteiger partial charge >= 0.3 is 60.8 Å². The molecule has 0 radical (unpaired) electrons. The number of carboxylic acid groups (broad SMARTS) is 2. The van der Waals surface area contributed by atoms with E-state index in [-0.39, 0.29) is 54.4 Å². The molecule has 0 amide bonds. The van der Waals surface area contributed by atoms with Crippen molar-refractivity contribution in [2.24, 2.45) is 0 Å². The van der Waals surface area contributed by atoms with Crippen LogP contribution in [0.5, 0.6) is 0 Å². The zero-order valence-electron chi connectivity index (χ0n) is 6.18. The zero-order valence-corrected chi connectivity index (χ0v) is 7.82. The third-order valence-electron chi connectivity index (χ3n) is 1.04. The molecule has 0 aromatic carbocycles. The van der Waals surface area contributed by atoms with Gasteiger partial charge in [0, 0.05) is 0 Å². The fraction of sp³-hybridized carbons (Fsp3) is 0. The third kappa shape index (κ3) is 4.45. The van der Waals surface area contributed by atoms with Crippen LogP contribution in [0.4, 0.5) is 0 Å². The van der Waals surface area contributed by atoms with Crippen LogP contribution in [0.2, 0.25) is 0 Å². The van der Waals surface area contributed by atoms with E-state index in [1.807, 2.05) is 0 Å². The number of carbonyl (C=O) groups is 2. The quantitative estimate of drug-likeness (QED) is 0.299. The van der Waals surface area contributed by atoms with E-state index < -0.39 is 17.5 Å². The molecule has 0 spiro atoms. The summed E-state index contributed by atoms with van der Waals surface area (Å²) in [6, 6.07) is 0. The van der Waals surface area contributed by atoms with Gasteiger partial charge in [-0.3, -0.25) is 0 Å². The molecule has 0 saturated carbocycles. The van der Waals surface area contributed by atoms with Gasteiger partial charge in [-0.15, -0.1) is 0 Å². The Bertz CT molecular complexity index is 273. The SMILES string of the molecule is O.O=C(O)C(C(=O)O)=C1SC=CS1.[BaH2]. The Morgan fingerprint density at radius 1 is 1.07 bits per heavy atom. The summed E-state index contributed by atoms with van der Waals surface area (Å²) in [5, 5.41) is 20.3. The first-order valence-electron chi connectivity index (χ1n) is 2.82. The predicted molar refractivity (Wildman–Crippen MR) is 58.8 cm³/mol. The van der Waals surface area contributed by atoms with Gasteiger partial charge in [0.2, 0.25) is 0 Å². The summed E-state index contributed by atoms with van der Waals surface area (Å²) in [4.78, 5) is 20.9. The van der Waals surface area contributed by atoms with Crippen molar-refractivity contribution in [3.8, 4) is 0 Å². The van der Waals surface area contributed by atoms with Gasteiger partial charge in [-0.05, 0) is 10.8 Å². The Labute approximate surface area is 128 Å². The zero-order chi connectivity index (χ0) is 9.14. The van der Waals surface area contributed by atoms with Crippen LogP contribution in [0.25, 0.3) is 0 Å². The van der Waals surface area contributed by atoms with Crippen molar-refractivity contribution < 1.29 is 25.3 Å². The van der Waals surface area contributed by atoms with E-state index in [1.54, 1.807) is 10.8 Å². The van der Waals surface area contributed by atoms with E-state index in [0.29, 0.717) is 4.24 Å². The normalized spacial score (nSPS) is 12.7. The van der Waals surface area contributed by atoms with Crippen LogP contribution in [0, 0.1) is 0 Å². The van der Waals surface area contributed by atoms with Crippen molar-refractivity contribution >= 4 is 84.3 Å². The molecule has 0 bridgehead atoms. The van der Waals surface area contributed by atoms with E-state index in [0.717, 1.165) is 23.5 Å². The van der Waals surface area contributed by atoms with Crippen molar-refractivity contribution in [1.29, 1.82) is 0 Å². The average molecular weight is 362 g/mol. The van der Waals surface area contributed by atoms with Crippen molar-refractivity contribution in [3.05, 3.63) is 20.6 Å². The van der Waals surface area contributed by atoms with Gasteiger partial charge in [-0.25, -0.2) is 9.59 Å². The van der Waals surface area contributed by atoms with Crippen molar-refractivity contribution in [2.45, 2.75) is 0 Å². The maximum absolute atomic E-state index is 10.4. The molecule has 0 atom stereocenters. The molecule has 4 N–H and O–H groups in total. The molecule has 14 heavy (non-hydrogen) atoms. The molecule has 76 valence electrons. The number of hydrogen-bond acceptors (Lipinski definition) is 4. The van der Waals surface area contributed by atoms with Crippen LogP contribution in [0.15, 0.2) is 20.6 Å². The fourth-order valence-corrected chi connectivity index (χ4v) is 2.42. The Kier molecular flexibility index (Phi) is 9.60. The summed E-state index contributed by atoms with van der Waals surface area (Å²) in [6.45, 7) is 0. The van der Waals surface area contributed by atoms with Gasteiger partial charge in [-0.1, -0.05) is 23.5 Å². The molecule has 0 saturated heterocycles. The van der Waals surface area contributed by atoms with E-state index in [4.69, 9.17) is 10.2 Å². The summed E-state index contributed by atoms with van der Waals surface area (Å²) < 4.78 is 0.301. The molecule has 0 aliphatic carbocycles. The van der Waals surface area contributed by atoms with E-state index in [2.05, 4.69) is 0 Å². The molecule has 8 heteroatoms. The Hall–Kier alpha value is 0.651. The van der Waals surface area contributed by atoms with Crippen molar-refractivity contribution in [2.75, 3.05) is 0 Å². The summed E-state index contributed by atoms with van der Waals surface area (Å²) in [5.74, 6) is -2.80. The predicted octanol–water partition coefficient (Wildman–Crippen LogP) is -0.423. The Morgan fingerprint density at radius 3 is 1.71 bits per heavy atom. The Balaban J connectivity index is 0. The molecule has 1 aliphatic rings. The van der Waals surface area contributed by atoms with Gasteiger partial charge in [0.1, 0.15) is 0 Å².